The molecule has 8 nitrogen and oxygen atoms in total. The molecule has 3 heterocycles. The van der Waals surface area contributed by atoms with Crippen molar-refractivity contribution in [3.63, 3.8) is 0 Å². The van der Waals surface area contributed by atoms with Gasteiger partial charge in [0.2, 0.25) is 0 Å². The molecule has 1 amide bonds. The number of piperidine rings is 1. The number of carbonyl (C=O) groups is 1. The third-order valence-corrected chi connectivity index (χ3v) is 4.52. The minimum absolute atomic E-state index is 0.0164. The highest BCUT2D eigenvalue weighted by molar-refractivity contribution is 5.95. The average molecular weight is 344 g/mol. The molecule has 1 aliphatic heterocycles. The maximum Gasteiger partial charge on any atom is 0.293 e. The second kappa shape index (κ2) is 7.50. The summed E-state index contributed by atoms with van der Waals surface area (Å²) >= 11 is 0. The number of aryl methyl sites for hydroxylation is 2. The van der Waals surface area contributed by atoms with E-state index in [2.05, 4.69) is 27.4 Å². The standard InChI is InChI=1S/C17H24N6O2/c1-3-5-14-13(10-19-21-14)16(24)20-12-6-4-8-23(11-12)15-17(25)22(2)9-7-18-15/h7,9-10,12H,3-6,8,11H2,1-2H3,(H,19,21)(H,20,24)/t12-/m1/s1. The first-order valence-electron chi connectivity index (χ1n) is 8.69. The molecule has 0 bridgehead atoms. The number of aromatic nitrogens is 4. The number of nitrogens with one attached hydrogen (secondary N) is 2. The lowest BCUT2D eigenvalue weighted by Crippen LogP contribution is -2.49. The molecule has 0 spiro atoms. The fourth-order valence-electron chi connectivity index (χ4n) is 3.20. The van der Waals surface area contributed by atoms with Crippen molar-refractivity contribution < 1.29 is 4.79 Å². The zero-order chi connectivity index (χ0) is 17.8. The maximum atomic E-state index is 12.6. The highest BCUT2D eigenvalue weighted by atomic mass is 16.2. The second-order valence-electron chi connectivity index (χ2n) is 6.44. The van der Waals surface area contributed by atoms with Crippen molar-refractivity contribution >= 4 is 11.7 Å². The van der Waals surface area contributed by atoms with E-state index in [1.165, 1.54) is 4.57 Å². The summed E-state index contributed by atoms with van der Waals surface area (Å²) in [4.78, 5) is 31.0. The van der Waals surface area contributed by atoms with Crippen LogP contribution in [0.4, 0.5) is 5.82 Å². The molecule has 0 aliphatic carbocycles. The van der Waals surface area contributed by atoms with E-state index in [0.717, 1.165) is 37.9 Å². The van der Waals surface area contributed by atoms with Crippen LogP contribution in [0.5, 0.6) is 0 Å². The molecule has 134 valence electrons. The number of nitrogens with zero attached hydrogens (tertiary/aromatic N) is 4. The number of H-pyrrole nitrogens is 1. The Bertz CT molecular complexity index is 796. The number of anilines is 1. The van der Waals surface area contributed by atoms with Crippen molar-refractivity contribution in [3.8, 4) is 0 Å². The van der Waals surface area contributed by atoms with Crippen LogP contribution in [0, 0.1) is 0 Å². The van der Waals surface area contributed by atoms with Crippen molar-refractivity contribution in [2.75, 3.05) is 18.0 Å². The Kier molecular flexibility index (Phi) is 5.16. The molecular weight excluding hydrogens is 320 g/mol. The van der Waals surface area contributed by atoms with Gasteiger partial charge in [0.25, 0.3) is 11.5 Å². The van der Waals surface area contributed by atoms with Gasteiger partial charge in [0, 0.05) is 44.3 Å². The Morgan fingerprint density at radius 3 is 3.12 bits per heavy atom. The largest absolute Gasteiger partial charge is 0.350 e. The van der Waals surface area contributed by atoms with Crippen LogP contribution in [-0.4, -0.2) is 44.8 Å². The topological polar surface area (TPSA) is 95.9 Å². The minimum atomic E-state index is -0.116. The van der Waals surface area contributed by atoms with Gasteiger partial charge >= 0.3 is 0 Å². The molecule has 1 saturated heterocycles. The van der Waals surface area contributed by atoms with Gasteiger partial charge < -0.3 is 14.8 Å². The third-order valence-electron chi connectivity index (χ3n) is 4.52. The van der Waals surface area contributed by atoms with E-state index in [0.29, 0.717) is 17.9 Å². The van der Waals surface area contributed by atoms with Gasteiger partial charge in [-0.15, -0.1) is 0 Å². The van der Waals surface area contributed by atoms with Gasteiger partial charge in [-0.3, -0.25) is 14.7 Å². The normalized spacial score (nSPS) is 17.5. The summed E-state index contributed by atoms with van der Waals surface area (Å²) < 4.78 is 1.52. The van der Waals surface area contributed by atoms with Gasteiger partial charge in [-0.2, -0.15) is 5.10 Å². The molecule has 0 saturated carbocycles. The van der Waals surface area contributed by atoms with E-state index in [1.54, 1.807) is 25.6 Å². The van der Waals surface area contributed by atoms with Crippen molar-refractivity contribution in [2.45, 2.75) is 38.6 Å². The molecule has 1 atom stereocenters. The number of hydrogen-bond donors (Lipinski definition) is 2. The summed E-state index contributed by atoms with van der Waals surface area (Å²) in [6.07, 6.45) is 8.38. The van der Waals surface area contributed by atoms with Crippen LogP contribution < -0.4 is 15.8 Å². The molecule has 0 aromatic carbocycles. The summed E-state index contributed by atoms with van der Waals surface area (Å²) in [5.41, 5.74) is 1.36. The van der Waals surface area contributed by atoms with Crippen LogP contribution in [0.2, 0.25) is 0 Å². The number of hydrogen-bond acceptors (Lipinski definition) is 5. The van der Waals surface area contributed by atoms with E-state index < -0.39 is 0 Å². The molecule has 2 aromatic heterocycles. The molecule has 2 aromatic rings. The molecular formula is C17H24N6O2. The lowest BCUT2D eigenvalue weighted by molar-refractivity contribution is 0.0932. The van der Waals surface area contributed by atoms with E-state index in [1.807, 2.05) is 4.90 Å². The zero-order valence-corrected chi connectivity index (χ0v) is 14.7. The Balaban J connectivity index is 1.69. The fraction of sp³-hybridized carbons (Fsp3) is 0.529. The minimum Gasteiger partial charge on any atom is -0.350 e. The van der Waals surface area contributed by atoms with E-state index >= 15 is 0 Å². The lowest BCUT2D eigenvalue weighted by Gasteiger charge is -2.33. The molecule has 1 aliphatic rings. The van der Waals surface area contributed by atoms with Crippen molar-refractivity contribution in [1.29, 1.82) is 0 Å². The van der Waals surface area contributed by atoms with Gasteiger partial charge in [0.15, 0.2) is 5.82 Å². The maximum absolute atomic E-state index is 12.6. The molecule has 25 heavy (non-hydrogen) atoms. The Morgan fingerprint density at radius 1 is 1.48 bits per heavy atom. The highest BCUT2D eigenvalue weighted by Crippen LogP contribution is 2.16. The first-order chi connectivity index (χ1) is 12.1. The molecule has 2 N–H and O–H groups in total. The van der Waals surface area contributed by atoms with Crippen LogP contribution >= 0.6 is 0 Å². The molecule has 0 radical (unpaired) electrons. The van der Waals surface area contributed by atoms with E-state index in [-0.39, 0.29) is 17.5 Å². The van der Waals surface area contributed by atoms with E-state index in [9.17, 15) is 9.59 Å². The SMILES string of the molecule is CCCc1[nH]ncc1C(=O)N[C@@H]1CCCN(c2nccn(C)c2=O)C1. The van der Waals surface area contributed by atoms with Crippen molar-refractivity contribution in [2.24, 2.45) is 7.05 Å². The van der Waals surface area contributed by atoms with Crippen LogP contribution in [0.1, 0.15) is 42.2 Å². The smallest absolute Gasteiger partial charge is 0.293 e. The summed E-state index contributed by atoms with van der Waals surface area (Å²) in [6.45, 7) is 3.42. The average Bonchev–Trinajstić information content (AvgIpc) is 3.06. The van der Waals surface area contributed by atoms with Crippen LogP contribution in [0.25, 0.3) is 0 Å². The van der Waals surface area contributed by atoms with Crippen molar-refractivity contribution in [3.05, 3.63) is 40.2 Å². The Morgan fingerprint density at radius 2 is 2.32 bits per heavy atom. The molecule has 1 fully saturated rings. The lowest BCUT2D eigenvalue weighted by atomic mass is 10.0. The predicted octanol–water partition coefficient (Wildman–Crippen LogP) is 0.855. The Hall–Kier alpha value is -2.64. The first-order valence-corrected chi connectivity index (χ1v) is 8.69. The van der Waals surface area contributed by atoms with Crippen LogP contribution in [0.3, 0.4) is 0 Å². The van der Waals surface area contributed by atoms with Crippen LogP contribution in [-0.2, 0) is 13.5 Å². The number of aromatic amines is 1. The monoisotopic (exact) mass is 344 g/mol. The first kappa shape index (κ1) is 17.2. The summed E-state index contributed by atoms with van der Waals surface area (Å²) in [5.74, 6) is 0.330. The second-order valence-corrected chi connectivity index (χ2v) is 6.44. The predicted molar refractivity (Wildman–Crippen MR) is 94.8 cm³/mol. The van der Waals surface area contributed by atoms with Gasteiger partial charge in [-0.05, 0) is 19.3 Å². The fourth-order valence-corrected chi connectivity index (χ4v) is 3.20. The van der Waals surface area contributed by atoms with Gasteiger partial charge in [-0.1, -0.05) is 13.3 Å². The number of carbonyl (C=O) groups excluding carboxylic acids is 1. The summed E-state index contributed by atoms with van der Waals surface area (Å²) in [6, 6.07) is -0.0164. The van der Waals surface area contributed by atoms with Gasteiger partial charge in [-0.25, -0.2) is 4.98 Å². The molecule has 0 unspecified atom stereocenters. The molecule has 8 heteroatoms. The zero-order valence-electron chi connectivity index (χ0n) is 14.7. The van der Waals surface area contributed by atoms with E-state index in [4.69, 9.17) is 0 Å². The van der Waals surface area contributed by atoms with Gasteiger partial charge in [0.1, 0.15) is 0 Å². The number of amides is 1. The highest BCUT2D eigenvalue weighted by Gasteiger charge is 2.25. The van der Waals surface area contributed by atoms with Crippen molar-refractivity contribution in [1.82, 2.24) is 25.1 Å². The summed E-state index contributed by atoms with van der Waals surface area (Å²) in [5, 5.41) is 9.96. The summed E-state index contributed by atoms with van der Waals surface area (Å²) in [7, 11) is 1.71. The van der Waals surface area contributed by atoms with Crippen LogP contribution in [0.15, 0.2) is 23.4 Å². The van der Waals surface area contributed by atoms with Gasteiger partial charge in [0.05, 0.1) is 11.8 Å². The quantitative estimate of drug-likeness (QED) is 0.838. The third kappa shape index (κ3) is 3.72. The number of rotatable bonds is 5. The molecule has 3 rings (SSSR count). The Labute approximate surface area is 146 Å².